The highest BCUT2D eigenvalue weighted by Crippen LogP contribution is 2.41. The minimum Gasteiger partial charge on any atom is -0.390 e. The van der Waals surface area contributed by atoms with Gasteiger partial charge in [-0.1, -0.05) is 0 Å². The Morgan fingerprint density at radius 3 is 1.23 bits per heavy atom. The van der Waals surface area contributed by atoms with E-state index >= 15 is 0 Å². The molecule has 3 nitrogen and oxygen atoms in total. The Morgan fingerprint density at radius 2 is 0.933 bits per heavy atom. The van der Waals surface area contributed by atoms with E-state index in [1.54, 1.807) is 0 Å². The van der Waals surface area contributed by atoms with Crippen molar-refractivity contribution in [2.45, 2.75) is 69.8 Å². The lowest BCUT2D eigenvalue weighted by atomic mass is 9.81. The number of hydrogen-bond acceptors (Lipinski definition) is 3. The second kappa shape index (κ2) is 9.94. The van der Waals surface area contributed by atoms with Gasteiger partial charge in [0.05, 0.1) is 17.9 Å². The number of rotatable bonds is 4. The summed E-state index contributed by atoms with van der Waals surface area (Å²) in [5.41, 5.74) is 0. The molecule has 9 heteroatoms. The molecule has 0 unspecified atom stereocenters. The summed E-state index contributed by atoms with van der Waals surface area (Å²) in [5, 5.41) is 10.4. The fourth-order valence-corrected chi connectivity index (χ4v) is 5.53. The normalized spacial score (nSPS) is 35.9. The van der Waals surface area contributed by atoms with Crippen LogP contribution in [-0.2, 0) is 0 Å². The van der Waals surface area contributed by atoms with Crippen LogP contribution in [0.25, 0.3) is 0 Å². The van der Waals surface area contributed by atoms with Crippen molar-refractivity contribution in [3.05, 3.63) is 0 Å². The van der Waals surface area contributed by atoms with Gasteiger partial charge in [0.1, 0.15) is 0 Å². The molecule has 0 aromatic rings. The maximum atomic E-state index is 12.8. The molecule has 1 N–H and O–H groups in total. The minimum atomic E-state index is -4.09. The minimum absolute atomic E-state index is 0.192. The molecule has 1 heterocycles. The number of nitrogens with zero attached hydrogens (tertiary/aromatic N) is 2. The summed E-state index contributed by atoms with van der Waals surface area (Å²) in [7, 11) is 0. The van der Waals surface area contributed by atoms with Gasteiger partial charge in [0.2, 0.25) is 0 Å². The molecule has 0 bridgehead atoms. The van der Waals surface area contributed by atoms with Crippen molar-refractivity contribution in [2.24, 2.45) is 23.7 Å². The SMILES string of the molecule is OC1CN(CC2CCC(C(F)(F)F)CC2)CCN(CC2CCC(C(F)(F)F)CC2)C1. The standard InChI is InChI=1S/C21H34F6N2O/c22-20(23,24)17-5-1-15(2-6-17)11-28-9-10-29(14-19(30)13-28)12-16-3-7-18(8-4-16)21(25,26)27/h15-19,30H,1-14H2. The van der Waals surface area contributed by atoms with E-state index in [1.165, 1.54) is 0 Å². The zero-order valence-electron chi connectivity index (χ0n) is 17.4. The maximum Gasteiger partial charge on any atom is 0.391 e. The Kier molecular flexibility index (Phi) is 7.99. The molecule has 0 amide bonds. The third-order valence-electron chi connectivity index (χ3n) is 7.32. The van der Waals surface area contributed by atoms with E-state index in [1.807, 2.05) is 0 Å². The Morgan fingerprint density at radius 1 is 0.600 bits per heavy atom. The zero-order chi connectivity index (χ0) is 21.9. The summed E-state index contributed by atoms with van der Waals surface area (Å²) in [6.45, 7) is 3.94. The topological polar surface area (TPSA) is 26.7 Å². The first-order valence-corrected chi connectivity index (χ1v) is 11.3. The first-order chi connectivity index (χ1) is 14.0. The molecular formula is C21H34F6N2O. The fourth-order valence-electron chi connectivity index (χ4n) is 5.53. The second-order valence-corrected chi connectivity index (χ2v) is 9.69. The van der Waals surface area contributed by atoms with Gasteiger partial charge in [0.15, 0.2) is 0 Å². The number of aliphatic hydroxyl groups excluding tert-OH is 1. The predicted molar refractivity (Wildman–Crippen MR) is 102 cm³/mol. The van der Waals surface area contributed by atoms with Crippen LogP contribution in [0.3, 0.4) is 0 Å². The van der Waals surface area contributed by atoms with Crippen molar-refractivity contribution in [2.75, 3.05) is 39.3 Å². The summed E-state index contributed by atoms with van der Waals surface area (Å²) in [6, 6.07) is 0. The highest BCUT2D eigenvalue weighted by Gasteiger charge is 2.42. The lowest BCUT2D eigenvalue weighted by Gasteiger charge is -2.34. The van der Waals surface area contributed by atoms with Crippen molar-refractivity contribution < 1.29 is 31.4 Å². The van der Waals surface area contributed by atoms with Crippen LogP contribution in [0, 0.1) is 23.7 Å². The van der Waals surface area contributed by atoms with Crippen LogP contribution >= 0.6 is 0 Å². The third kappa shape index (κ3) is 6.99. The number of hydrogen-bond donors (Lipinski definition) is 1. The van der Waals surface area contributed by atoms with Gasteiger partial charge in [0.25, 0.3) is 0 Å². The van der Waals surface area contributed by atoms with E-state index in [-0.39, 0.29) is 37.5 Å². The van der Waals surface area contributed by atoms with Gasteiger partial charge in [-0.2, -0.15) is 26.3 Å². The largest absolute Gasteiger partial charge is 0.391 e. The van der Waals surface area contributed by atoms with E-state index in [9.17, 15) is 31.4 Å². The van der Waals surface area contributed by atoms with Crippen molar-refractivity contribution in [1.29, 1.82) is 0 Å². The molecule has 176 valence electrons. The number of β-amino-alcohol motifs (C(OH)–C–C–N with tert-alkyl or cyclic N) is 1. The second-order valence-electron chi connectivity index (χ2n) is 9.69. The molecule has 0 radical (unpaired) electrons. The van der Waals surface area contributed by atoms with Crippen LogP contribution in [0.2, 0.25) is 0 Å². The van der Waals surface area contributed by atoms with Crippen LogP contribution in [0.1, 0.15) is 51.4 Å². The van der Waals surface area contributed by atoms with E-state index < -0.39 is 30.3 Å². The van der Waals surface area contributed by atoms with Gasteiger partial charge in [-0.15, -0.1) is 0 Å². The van der Waals surface area contributed by atoms with Crippen LogP contribution in [-0.4, -0.2) is 72.6 Å². The molecule has 0 aromatic carbocycles. The van der Waals surface area contributed by atoms with Crippen molar-refractivity contribution in [3.8, 4) is 0 Å². The zero-order valence-corrected chi connectivity index (χ0v) is 17.4. The summed E-state index contributed by atoms with van der Waals surface area (Å²) < 4.78 is 77.1. The van der Waals surface area contributed by atoms with Gasteiger partial charge >= 0.3 is 12.4 Å². The molecule has 30 heavy (non-hydrogen) atoms. The summed E-state index contributed by atoms with van der Waals surface area (Å²) in [5.74, 6) is -1.88. The number of aliphatic hydroxyl groups is 1. The van der Waals surface area contributed by atoms with E-state index in [2.05, 4.69) is 9.80 Å². The lowest BCUT2D eigenvalue weighted by molar-refractivity contribution is -0.185. The first-order valence-electron chi connectivity index (χ1n) is 11.3. The van der Waals surface area contributed by atoms with Gasteiger partial charge in [-0.05, 0) is 63.2 Å². The molecule has 2 aliphatic carbocycles. The molecule has 0 atom stereocenters. The fraction of sp³-hybridized carbons (Fsp3) is 1.00. The smallest absolute Gasteiger partial charge is 0.390 e. The maximum absolute atomic E-state index is 12.8. The average molecular weight is 445 g/mol. The van der Waals surface area contributed by atoms with Crippen molar-refractivity contribution in [3.63, 3.8) is 0 Å². The van der Waals surface area contributed by atoms with Crippen molar-refractivity contribution >= 4 is 0 Å². The molecular weight excluding hydrogens is 410 g/mol. The monoisotopic (exact) mass is 444 g/mol. The molecule has 1 aliphatic heterocycles. The van der Waals surface area contributed by atoms with Crippen molar-refractivity contribution in [1.82, 2.24) is 9.80 Å². The number of halogens is 6. The van der Waals surface area contributed by atoms with E-state index in [0.29, 0.717) is 51.9 Å². The molecule has 0 spiro atoms. The molecule has 3 fully saturated rings. The van der Waals surface area contributed by atoms with Gasteiger partial charge < -0.3 is 5.11 Å². The Hall–Kier alpha value is -0.540. The average Bonchev–Trinajstić information content (AvgIpc) is 2.82. The highest BCUT2D eigenvalue weighted by molar-refractivity contribution is 4.84. The lowest BCUT2D eigenvalue weighted by Crippen LogP contribution is -2.38. The summed E-state index contributed by atoms with van der Waals surface area (Å²) >= 11 is 0. The van der Waals surface area contributed by atoms with E-state index in [0.717, 1.165) is 13.1 Å². The molecule has 3 rings (SSSR count). The van der Waals surface area contributed by atoms with E-state index in [4.69, 9.17) is 0 Å². The van der Waals surface area contributed by atoms with Gasteiger partial charge in [0, 0.05) is 39.3 Å². The van der Waals surface area contributed by atoms with Crippen LogP contribution in [0.4, 0.5) is 26.3 Å². The quantitative estimate of drug-likeness (QED) is 0.637. The van der Waals surface area contributed by atoms with Gasteiger partial charge in [-0.3, -0.25) is 9.80 Å². The Labute approximate surface area is 174 Å². The Balaban J connectivity index is 1.41. The molecule has 3 aliphatic rings. The van der Waals surface area contributed by atoms with Gasteiger partial charge in [-0.25, -0.2) is 0 Å². The Bertz CT molecular complexity index is 479. The van der Waals surface area contributed by atoms with Crippen LogP contribution in [0.5, 0.6) is 0 Å². The first kappa shape index (κ1) is 24.1. The highest BCUT2D eigenvalue weighted by atomic mass is 19.4. The summed E-state index contributed by atoms with van der Waals surface area (Å²) in [6.07, 6.45) is -5.67. The predicted octanol–water partition coefficient (Wildman–Crippen LogP) is 4.70. The third-order valence-corrected chi connectivity index (χ3v) is 7.32. The summed E-state index contributed by atoms with van der Waals surface area (Å²) in [4.78, 5) is 4.31. The van der Waals surface area contributed by atoms with Crippen LogP contribution in [0.15, 0.2) is 0 Å². The number of alkyl halides is 6. The molecule has 2 saturated carbocycles. The van der Waals surface area contributed by atoms with Crippen LogP contribution < -0.4 is 0 Å². The molecule has 1 saturated heterocycles. The molecule has 0 aromatic heterocycles.